The van der Waals surface area contributed by atoms with Gasteiger partial charge in [0.15, 0.2) is 0 Å². The van der Waals surface area contributed by atoms with Gasteiger partial charge in [-0.05, 0) is 50.7 Å². The van der Waals surface area contributed by atoms with E-state index >= 15 is 0 Å². The van der Waals surface area contributed by atoms with Gasteiger partial charge < -0.3 is 5.32 Å². The molecule has 1 aromatic heterocycles. The van der Waals surface area contributed by atoms with Crippen LogP contribution in [0.3, 0.4) is 0 Å². The lowest BCUT2D eigenvalue weighted by atomic mass is 9.79. The van der Waals surface area contributed by atoms with Crippen molar-refractivity contribution in [1.82, 2.24) is 4.98 Å². The van der Waals surface area contributed by atoms with Gasteiger partial charge in [0.1, 0.15) is 0 Å². The monoisotopic (exact) mass is 274 g/mol. The molecular formula is C17H26N2O. The summed E-state index contributed by atoms with van der Waals surface area (Å²) in [6, 6.07) is 3.78. The van der Waals surface area contributed by atoms with Crippen LogP contribution >= 0.6 is 0 Å². The molecule has 0 radical (unpaired) electrons. The first-order chi connectivity index (χ1) is 9.69. The number of amides is 1. The predicted molar refractivity (Wildman–Crippen MR) is 82.6 cm³/mol. The van der Waals surface area contributed by atoms with Gasteiger partial charge in [0.25, 0.3) is 0 Å². The molecule has 1 N–H and O–H groups in total. The van der Waals surface area contributed by atoms with E-state index in [1.807, 2.05) is 19.1 Å². The number of nitrogens with one attached hydrogen (secondary N) is 1. The molecule has 3 nitrogen and oxygen atoms in total. The number of hydrogen-bond acceptors (Lipinski definition) is 2. The van der Waals surface area contributed by atoms with E-state index in [0.29, 0.717) is 0 Å². The molecule has 0 atom stereocenters. The van der Waals surface area contributed by atoms with Crippen molar-refractivity contribution in [2.45, 2.75) is 58.8 Å². The van der Waals surface area contributed by atoms with Gasteiger partial charge in [0.2, 0.25) is 5.91 Å². The van der Waals surface area contributed by atoms with Crippen molar-refractivity contribution in [2.24, 2.45) is 11.8 Å². The molecule has 1 amide bonds. The summed E-state index contributed by atoms with van der Waals surface area (Å²) < 4.78 is 0. The normalized spacial score (nSPS) is 22.5. The maximum Gasteiger partial charge on any atom is 0.227 e. The number of unbranched alkanes of at least 4 members (excludes halogenated alkanes) is 1. The number of hydrogen-bond donors (Lipinski definition) is 1. The third kappa shape index (κ3) is 4.32. The van der Waals surface area contributed by atoms with Crippen LogP contribution < -0.4 is 5.32 Å². The van der Waals surface area contributed by atoms with Crippen molar-refractivity contribution in [3.05, 3.63) is 24.0 Å². The van der Waals surface area contributed by atoms with Crippen LogP contribution in [0.5, 0.6) is 0 Å². The molecule has 3 heteroatoms. The summed E-state index contributed by atoms with van der Waals surface area (Å²) in [5.41, 5.74) is 1.81. The lowest BCUT2D eigenvalue weighted by Gasteiger charge is -2.27. The van der Waals surface area contributed by atoms with Gasteiger partial charge in [-0.15, -0.1) is 0 Å². The van der Waals surface area contributed by atoms with Crippen LogP contribution in [-0.2, 0) is 4.79 Å². The van der Waals surface area contributed by atoms with E-state index in [1.165, 1.54) is 32.1 Å². The van der Waals surface area contributed by atoms with Crippen LogP contribution in [0.4, 0.5) is 5.69 Å². The van der Waals surface area contributed by atoms with Crippen LogP contribution in [0, 0.1) is 18.8 Å². The molecule has 1 fully saturated rings. The van der Waals surface area contributed by atoms with Crippen molar-refractivity contribution in [3.63, 3.8) is 0 Å². The number of carbonyl (C=O) groups excluding carboxylic acids is 1. The van der Waals surface area contributed by atoms with Gasteiger partial charge in [-0.1, -0.05) is 26.2 Å². The van der Waals surface area contributed by atoms with Gasteiger partial charge in [0, 0.05) is 23.5 Å². The highest BCUT2D eigenvalue weighted by atomic mass is 16.1. The Bertz CT molecular complexity index is 436. The van der Waals surface area contributed by atoms with Crippen LogP contribution in [-0.4, -0.2) is 10.9 Å². The third-order valence-corrected chi connectivity index (χ3v) is 4.35. The Kier molecular flexibility index (Phi) is 5.57. The molecule has 110 valence electrons. The number of aromatic nitrogens is 1. The van der Waals surface area contributed by atoms with E-state index in [9.17, 15) is 4.79 Å². The first-order valence-electron chi connectivity index (χ1n) is 7.92. The largest absolute Gasteiger partial charge is 0.326 e. The number of nitrogens with zero attached hydrogens (tertiary/aromatic N) is 1. The van der Waals surface area contributed by atoms with Crippen LogP contribution in [0.15, 0.2) is 18.3 Å². The number of aryl methyl sites for hydroxylation is 1. The molecule has 20 heavy (non-hydrogen) atoms. The highest BCUT2D eigenvalue weighted by Gasteiger charge is 2.25. The molecule has 0 bridgehead atoms. The molecule has 0 spiro atoms. The maximum absolute atomic E-state index is 12.3. The topological polar surface area (TPSA) is 42.0 Å². The van der Waals surface area contributed by atoms with Crippen molar-refractivity contribution in [2.75, 3.05) is 5.32 Å². The first-order valence-corrected chi connectivity index (χ1v) is 7.92. The van der Waals surface area contributed by atoms with E-state index in [-0.39, 0.29) is 11.8 Å². The molecule has 1 saturated carbocycles. The molecule has 1 aliphatic carbocycles. The quantitative estimate of drug-likeness (QED) is 0.868. The molecule has 0 aromatic carbocycles. The lowest BCUT2D eigenvalue weighted by molar-refractivity contribution is -0.121. The third-order valence-electron chi connectivity index (χ3n) is 4.35. The maximum atomic E-state index is 12.3. The van der Waals surface area contributed by atoms with Gasteiger partial charge in [-0.3, -0.25) is 9.78 Å². The summed E-state index contributed by atoms with van der Waals surface area (Å²) >= 11 is 0. The summed E-state index contributed by atoms with van der Waals surface area (Å²) in [5, 5.41) is 3.03. The summed E-state index contributed by atoms with van der Waals surface area (Å²) in [7, 11) is 0. The van der Waals surface area contributed by atoms with E-state index in [0.717, 1.165) is 30.1 Å². The number of carbonyl (C=O) groups is 1. The second-order valence-electron chi connectivity index (χ2n) is 6.04. The minimum Gasteiger partial charge on any atom is -0.326 e. The van der Waals surface area contributed by atoms with Crippen LogP contribution in [0.2, 0.25) is 0 Å². The minimum atomic E-state index is 0.185. The molecule has 0 unspecified atom stereocenters. The van der Waals surface area contributed by atoms with E-state index < -0.39 is 0 Å². The number of pyridine rings is 1. The standard InChI is InChI=1S/C17H26N2O/c1-3-4-5-14-6-8-15(9-7-14)17(20)19-16-10-11-18-13(2)12-16/h10-12,14-15H,3-9H2,1-2H3,(H,18,19,20). The van der Waals surface area contributed by atoms with Gasteiger partial charge in [0.05, 0.1) is 0 Å². The summed E-state index contributed by atoms with van der Waals surface area (Å²) in [6.45, 7) is 4.18. The zero-order valence-corrected chi connectivity index (χ0v) is 12.7. The van der Waals surface area contributed by atoms with E-state index in [1.54, 1.807) is 6.20 Å². The predicted octanol–water partition coefficient (Wildman–Crippen LogP) is 4.33. The van der Waals surface area contributed by atoms with Crippen molar-refractivity contribution in [1.29, 1.82) is 0 Å². The molecular weight excluding hydrogens is 248 g/mol. The number of rotatable bonds is 5. The highest BCUT2D eigenvalue weighted by Crippen LogP contribution is 2.32. The highest BCUT2D eigenvalue weighted by molar-refractivity contribution is 5.92. The van der Waals surface area contributed by atoms with E-state index in [2.05, 4.69) is 17.2 Å². The minimum absolute atomic E-state index is 0.185. The Morgan fingerprint density at radius 2 is 2.10 bits per heavy atom. The van der Waals surface area contributed by atoms with Crippen LogP contribution in [0.25, 0.3) is 0 Å². The average Bonchev–Trinajstić information content (AvgIpc) is 2.45. The lowest BCUT2D eigenvalue weighted by Crippen LogP contribution is -2.27. The second kappa shape index (κ2) is 7.41. The second-order valence-corrected chi connectivity index (χ2v) is 6.04. The molecule has 1 heterocycles. The number of anilines is 1. The SMILES string of the molecule is CCCCC1CCC(C(=O)Nc2ccnc(C)c2)CC1. The average molecular weight is 274 g/mol. The van der Waals surface area contributed by atoms with Gasteiger partial charge >= 0.3 is 0 Å². The smallest absolute Gasteiger partial charge is 0.227 e. The molecule has 1 aliphatic rings. The van der Waals surface area contributed by atoms with Crippen molar-refractivity contribution >= 4 is 11.6 Å². The molecule has 2 rings (SSSR count). The fourth-order valence-corrected chi connectivity index (χ4v) is 3.07. The Morgan fingerprint density at radius 3 is 2.75 bits per heavy atom. The Balaban J connectivity index is 1.80. The molecule has 1 aromatic rings. The Morgan fingerprint density at radius 1 is 1.35 bits per heavy atom. The Labute approximate surface area is 122 Å². The molecule has 0 aliphatic heterocycles. The zero-order chi connectivity index (χ0) is 14.4. The summed E-state index contributed by atoms with van der Waals surface area (Å²) in [4.78, 5) is 16.4. The fraction of sp³-hybridized carbons (Fsp3) is 0.647. The van der Waals surface area contributed by atoms with Gasteiger partial charge in [-0.2, -0.15) is 0 Å². The first kappa shape index (κ1) is 15.0. The van der Waals surface area contributed by atoms with Crippen molar-refractivity contribution < 1.29 is 4.79 Å². The molecule has 0 saturated heterocycles. The van der Waals surface area contributed by atoms with Crippen LogP contribution in [0.1, 0.15) is 57.6 Å². The van der Waals surface area contributed by atoms with E-state index in [4.69, 9.17) is 0 Å². The Hall–Kier alpha value is -1.38. The summed E-state index contributed by atoms with van der Waals surface area (Å²) in [5.74, 6) is 1.23. The zero-order valence-electron chi connectivity index (χ0n) is 12.7. The summed E-state index contributed by atoms with van der Waals surface area (Å²) in [6.07, 6.45) is 10.2. The van der Waals surface area contributed by atoms with Gasteiger partial charge in [-0.25, -0.2) is 0 Å². The van der Waals surface area contributed by atoms with Crippen molar-refractivity contribution in [3.8, 4) is 0 Å². The fourth-order valence-electron chi connectivity index (χ4n) is 3.07.